The Hall–Kier alpha value is -0.0400. The van der Waals surface area contributed by atoms with Crippen LogP contribution in [-0.2, 0) is 0 Å². The second-order valence-electron chi connectivity index (χ2n) is 9.17. The Morgan fingerprint density at radius 1 is 0.870 bits per heavy atom. The van der Waals surface area contributed by atoms with E-state index in [1.54, 1.807) is 0 Å². The van der Waals surface area contributed by atoms with E-state index in [0.717, 1.165) is 41.7 Å². The highest BCUT2D eigenvalue weighted by molar-refractivity contribution is 4.96. The molecule has 0 amide bonds. The lowest BCUT2D eigenvalue weighted by Crippen LogP contribution is -2.55. The van der Waals surface area contributed by atoms with Crippen LogP contribution in [-0.4, -0.2) is 12.1 Å². The number of hydrogen-bond donors (Lipinski definition) is 1. The van der Waals surface area contributed by atoms with E-state index >= 15 is 0 Å². The van der Waals surface area contributed by atoms with Gasteiger partial charge < -0.3 is 5.32 Å². The van der Waals surface area contributed by atoms with Gasteiger partial charge in [0.05, 0.1) is 0 Å². The van der Waals surface area contributed by atoms with Gasteiger partial charge in [0.2, 0.25) is 0 Å². The molecule has 0 aromatic carbocycles. The zero-order chi connectivity index (χ0) is 16.2. The van der Waals surface area contributed by atoms with Crippen LogP contribution >= 0.6 is 0 Å². The van der Waals surface area contributed by atoms with Crippen molar-refractivity contribution in [2.24, 2.45) is 29.6 Å². The summed E-state index contributed by atoms with van der Waals surface area (Å²) in [5, 5.41) is 4.12. The molecule has 3 aliphatic rings. The molecule has 23 heavy (non-hydrogen) atoms. The van der Waals surface area contributed by atoms with E-state index in [-0.39, 0.29) is 0 Å². The van der Waals surface area contributed by atoms with Crippen molar-refractivity contribution in [2.45, 2.75) is 110 Å². The van der Waals surface area contributed by atoms with Crippen LogP contribution in [0, 0.1) is 29.6 Å². The third kappa shape index (κ3) is 4.14. The quantitative estimate of drug-likeness (QED) is 0.638. The maximum Gasteiger partial charge on any atom is 0.0126 e. The SMILES string of the molecule is CCC1CC2CCCCC2C(C(C)CC2CCCCC2CC)N1. The van der Waals surface area contributed by atoms with Crippen LogP contribution in [0.1, 0.15) is 97.8 Å². The molecule has 0 aromatic heterocycles. The van der Waals surface area contributed by atoms with E-state index in [1.165, 1.54) is 77.0 Å². The average Bonchev–Trinajstić information content (AvgIpc) is 2.61. The maximum absolute atomic E-state index is 4.12. The fraction of sp³-hybridized carbons (Fsp3) is 1.00. The van der Waals surface area contributed by atoms with Gasteiger partial charge in [0, 0.05) is 12.1 Å². The van der Waals surface area contributed by atoms with Gasteiger partial charge in [0.25, 0.3) is 0 Å². The summed E-state index contributed by atoms with van der Waals surface area (Å²) in [6.45, 7) is 7.40. The van der Waals surface area contributed by atoms with Gasteiger partial charge in [0.15, 0.2) is 0 Å². The summed E-state index contributed by atoms with van der Waals surface area (Å²) in [5.41, 5.74) is 0. The lowest BCUT2D eigenvalue weighted by molar-refractivity contribution is 0.0606. The summed E-state index contributed by atoms with van der Waals surface area (Å²) < 4.78 is 0. The predicted octanol–water partition coefficient (Wildman–Crippen LogP) is 6.18. The second-order valence-corrected chi connectivity index (χ2v) is 9.17. The summed E-state index contributed by atoms with van der Waals surface area (Å²) in [5.74, 6) is 4.96. The Morgan fingerprint density at radius 3 is 2.30 bits per heavy atom. The monoisotopic (exact) mass is 319 g/mol. The Labute approximate surface area is 145 Å². The molecule has 1 saturated heterocycles. The summed E-state index contributed by atoms with van der Waals surface area (Å²) in [4.78, 5) is 0. The van der Waals surface area contributed by atoms with Gasteiger partial charge >= 0.3 is 0 Å². The van der Waals surface area contributed by atoms with Gasteiger partial charge in [-0.3, -0.25) is 0 Å². The summed E-state index contributed by atoms with van der Waals surface area (Å²) in [7, 11) is 0. The maximum atomic E-state index is 4.12. The van der Waals surface area contributed by atoms with Crippen molar-refractivity contribution in [1.82, 2.24) is 5.32 Å². The number of piperidine rings is 1. The zero-order valence-electron chi connectivity index (χ0n) is 16.0. The normalized spacial score (nSPS) is 42.9. The molecule has 0 radical (unpaired) electrons. The van der Waals surface area contributed by atoms with Crippen LogP contribution in [0.3, 0.4) is 0 Å². The van der Waals surface area contributed by atoms with Gasteiger partial charge in [0.1, 0.15) is 0 Å². The zero-order valence-corrected chi connectivity index (χ0v) is 16.0. The first kappa shape index (κ1) is 17.8. The van der Waals surface area contributed by atoms with Crippen LogP contribution in [0.25, 0.3) is 0 Å². The summed E-state index contributed by atoms with van der Waals surface area (Å²) in [6.07, 6.45) is 17.7. The van der Waals surface area contributed by atoms with E-state index in [2.05, 4.69) is 26.1 Å². The lowest BCUT2D eigenvalue weighted by atomic mass is 9.64. The van der Waals surface area contributed by atoms with Gasteiger partial charge in [-0.05, 0) is 55.3 Å². The second kappa shape index (κ2) is 8.37. The molecule has 0 spiro atoms. The van der Waals surface area contributed by atoms with E-state index in [4.69, 9.17) is 0 Å². The highest BCUT2D eigenvalue weighted by Gasteiger charge is 2.41. The Bertz CT molecular complexity index is 352. The molecule has 1 heteroatoms. The molecule has 1 aliphatic heterocycles. The van der Waals surface area contributed by atoms with E-state index < -0.39 is 0 Å². The van der Waals surface area contributed by atoms with Crippen molar-refractivity contribution in [3.8, 4) is 0 Å². The molecule has 1 nitrogen and oxygen atoms in total. The van der Waals surface area contributed by atoms with Gasteiger partial charge in [-0.1, -0.05) is 72.1 Å². The van der Waals surface area contributed by atoms with Gasteiger partial charge in [-0.2, -0.15) is 0 Å². The standard InChI is InChI=1S/C22H41N/c1-4-17-10-6-7-11-18(17)14-16(3)22-21-13-9-8-12-19(21)15-20(5-2)23-22/h16-23H,4-15H2,1-3H3. The molecule has 3 fully saturated rings. The van der Waals surface area contributed by atoms with Crippen LogP contribution < -0.4 is 5.32 Å². The molecule has 7 atom stereocenters. The van der Waals surface area contributed by atoms with Crippen molar-refractivity contribution in [1.29, 1.82) is 0 Å². The molecule has 0 bridgehead atoms. The van der Waals surface area contributed by atoms with E-state index in [9.17, 15) is 0 Å². The topological polar surface area (TPSA) is 12.0 Å². The molecule has 1 heterocycles. The highest BCUT2D eigenvalue weighted by atomic mass is 15.0. The van der Waals surface area contributed by atoms with E-state index in [1.807, 2.05) is 0 Å². The summed E-state index contributed by atoms with van der Waals surface area (Å²) >= 11 is 0. The van der Waals surface area contributed by atoms with Gasteiger partial charge in [-0.15, -0.1) is 0 Å². The number of hydrogen-bond acceptors (Lipinski definition) is 1. The lowest BCUT2D eigenvalue weighted by Gasteiger charge is -2.48. The first-order valence-corrected chi connectivity index (χ1v) is 11.0. The molecular weight excluding hydrogens is 278 g/mol. The van der Waals surface area contributed by atoms with Crippen molar-refractivity contribution >= 4 is 0 Å². The first-order chi connectivity index (χ1) is 11.2. The third-order valence-corrected chi connectivity index (χ3v) is 7.82. The highest BCUT2D eigenvalue weighted by Crippen LogP contribution is 2.44. The Balaban J connectivity index is 1.64. The van der Waals surface area contributed by atoms with Crippen molar-refractivity contribution < 1.29 is 0 Å². The molecule has 3 rings (SSSR count). The molecule has 134 valence electrons. The molecule has 7 unspecified atom stereocenters. The van der Waals surface area contributed by atoms with Crippen LogP contribution in [0.2, 0.25) is 0 Å². The molecule has 0 aromatic rings. The predicted molar refractivity (Wildman–Crippen MR) is 101 cm³/mol. The minimum absolute atomic E-state index is 0.801. The molecule has 1 N–H and O–H groups in total. The third-order valence-electron chi connectivity index (χ3n) is 7.82. The minimum Gasteiger partial charge on any atom is -0.311 e. The average molecular weight is 320 g/mol. The van der Waals surface area contributed by atoms with Crippen LogP contribution in [0.5, 0.6) is 0 Å². The van der Waals surface area contributed by atoms with E-state index in [0.29, 0.717) is 0 Å². The van der Waals surface area contributed by atoms with Crippen molar-refractivity contribution in [3.05, 3.63) is 0 Å². The Morgan fingerprint density at radius 2 is 1.57 bits per heavy atom. The molecular formula is C22H41N. The van der Waals surface area contributed by atoms with Crippen LogP contribution in [0.15, 0.2) is 0 Å². The molecule has 2 saturated carbocycles. The fourth-order valence-corrected chi connectivity index (χ4v) is 6.46. The number of rotatable bonds is 5. The summed E-state index contributed by atoms with van der Waals surface area (Å²) in [6, 6.07) is 1.62. The van der Waals surface area contributed by atoms with Gasteiger partial charge in [-0.25, -0.2) is 0 Å². The minimum atomic E-state index is 0.801. The largest absolute Gasteiger partial charge is 0.311 e. The fourth-order valence-electron chi connectivity index (χ4n) is 6.46. The number of fused-ring (bicyclic) bond motifs is 1. The van der Waals surface area contributed by atoms with Crippen molar-refractivity contribution in [3.63, 3.8) is 0 Å². The number of nitrogens with one attached hydrogen (secondary N) is 1. The molecule has 2 aliphatic carbocycles. The van der Waals surface area contributed by atoms with Crippen LogP contribution in [0.4, 0.5) is 0 Å². The Kier molecular flexibility index (Phi) is 6.46. The van der Waals surface area contributed by atoms with Crippen molar-refractivity contribution in [2.75, 3.05) is 0 Å². The smallest absolute Gasteiger partial charge is 0.0126 e. The first-order valence-electron chi connectivity index (χ1n) is 11.0.